The number of aliphatic imine (C=N–C) groups is 1. The summed E-state index contributed by atoms with van der Waals surface area (Å²) in [5.74, 6) is 1.06. The molecule has 2 rings (SSSR count). The predicted octanol–water partition coefficient (Wildman–Crippen LogP) is 2.73. The summed E-state index contributed by atoms with van der Waals surface area (Å²) in [6.07, 6.45) is 6.46. The van der Waals surface area contributed by atoms with Gasteiger partial charge in [-0.25, -0.2) is 0 Å². The standard InChI is InChI=1S/C21H42N4O2/c1-5-22-21(23-16-18(4)24(6-2)7-3)25-13-11-19(12-14-25)27-17-20-10-8-9-15-26-20/h18-20H,5-17H2,1-4H3,(H,22,23). The molecule has 6 heteroatoms. The fraction of sp³-hybridized carbons (Fsp3) is 0.952. The lowest BCUT2D eigenvalue weighted by atomic mass is 10.1. The monoisotopic (exact) mass is 382 g/mol. The van der Waals surface area contributed by atoms with Gasteiger partial charge < -0.3 is 19.7 Å². The Labute approximate surface area is 166 Å². The van der Waals surface area contributed by atoms with Gasteiger partial charge in [-0.15, -0.1) is 0 Å². The SMILES string of the molecule is CCNC(=NCC(C)N(CC)CC)N1CCC(OCC2CCCCO2)CC1. The largest absolute Gasteiger partial charge is 0.376 e. The van der Waals surface area contributed by atoms with Crippen molar-refractivity contribution in [3.05, 3.63) is 0 Å². The van der Waals surface area contributed by atoms with Gasteiger partial charge in [0.05, 0.1) is 25.4 Å². The molecule has 0 bridgehead atoms. The van der Waals surface area contributed by atoms with Gasteiger partial charge in [0, 0.05) is 32.3 Å². The Bertz CT molecular complexity index is 414. The molecule has 6 nitrogen and oxygen atoms in total. The highest BCUT2D eigenvalue weighted by Gasteiger charge is 2.24. The van der Waals surface area contributed by atoms with Crippen LogP contribution in [0.4, 0.5) is 0 Å². The molecule has 0 aromatic carbocycles. The lowest BCUT2D eigenvalue weighted by Crippen LogP contribution is -2.48. The van der Waals surface area contributed by atoms with Crippen LogP contribution >= 0.6 is 0 Å². The number of piperidine rings is 1. The number of guanidine groups is 1. The van der Waals surface area contributed by atoms with Crippen LogP contribution in [0.25, 0.3) is 0 Å². The van der Waals surface area contributed by atoms with Crippen LogP contribution in [-0.4, -0.2) is 86.5 Å². The summed E-state index contributed by atoms with van der Waals surface area (Å²) in [7, 11) is 0. The summed E-state index contributed by atoms with van der Waals surface area (Å²) >= 11 is 0. The van der Waals surface area contributed by atoms with E-state index in [-0.39, 0.29) is 0 Å². The first-order chi connectivity index (χ1) is 13.2. The van der Waals surface area contributed by atoms with Crippen molar-refractivity contribution in [3.63, 3.8) is 0 Å². The molecule has 2 unspecified atom stereocenters. The van der Waals surface area contributed by atoms with E-state index < -0.39 is 0 Å². The van der Waals surface area contributed by atoms with E-state index >= 15 is 0 Å². The molecule has 0 aromatic heterocycles. The van der Waals surface area contributed by atoms with Gasteiger partial charge in [-0.05, 0) is 59.0 Å². The van der Waals surface area contributed by atoms with Crippen molar-refractivity contribution < 1.29 is 9.47 Å². The molecule has 158 valence electrons. The van der Waals surface area contributed by atoms with Gasteiger partial charge in [0.1, 0.15) is 0 Å². The van der Waals surface area contributed by atoms with Crippen molar-refractivity contribution in [1.82, 2.24) is 15.1 Å². The summed E-state index contributed by atoms with van der Waals surface area (Å²) in [6, 6.07) is 0.477. The van der Waals surface area contributed by atoms with Crippen LogP contribution in [0.2, 0.25) is 0 Å². The Kier molecular flexibility index (Phi) is 10.5. The first-order valence-electron chi connectivity index (χ1n) is 11.2. The fourth-order valence-corrected chi connectivity index (χ4v) is 4.02. The third-order valence-electron chi connectivity index (χ3n) is 5.81. The van der Waals surface area contributed by atoms with Gasteiger partial charge in [0.15, 0.2) is 5.96 Å². The Hall–Kier alpha value is -0.850. The van der Waals surface area contributed by atoms with Gasteiger partial charge in [-0.3, -0.25) is 9.89 Å². The van der Waals surface area contributed by atoms with Crippen molar-refractivity contribution in [2.45, 2.75) is 78.0 Å². The predicted molar refractivity (Wildman–Crippen MR) is 112 cm³/mol. The third-order valence-corrected chi connectivity index (χ3v) is 5.81. The molecule has 2 heterocycles. The molecule has 0 radical (unpaired) electrons. The molecule has 2 aliphatic heterocycles. The summed E-state index contributed by atoms with van der Waals surface area (Å²) < 4.78 is 11.9. The van der Waals surface area contributed by atoms with Crippen LogP contribution in [0.5, 0.6) is 0 Å². The van der Waals surface area contributed by atoms with E-state index in [9.17, 15) is 0 Å². The summed E-state index contributed by atoms with van der Waals surface area (Å²) in [6.45, 7) is 16.5. The van der Waals surface area contributed by atoms with Gasteiger partial charge in [-0.2, -0.15) is 0 Å². The van der Waals surface area contributed by atoms with E-state index in [1.165, 1.54) is 12.8 Å². The van der Waals surface area contributed by atoms with Crippen LogP contribution in [0.3, 0.4) is 0 Å². The molecule has 2 atom stereocenters. The molecule has 0 amide bonds. The molecule has 2 fully saturated rings. The number of likely N-dealkylation sites (tertiary alicyclic amines) is 1. The van der Waals surface area contributed by atoms with Gasteiger partial charge >= 0.3 is 0 Å². The first-order valence-corrected chi connectivity index (χ1v) is 11.2. The van der Waals surface area contributed by atoms with Crippen molar-refractivity contribution in [1.29, 1.82) is 0 Å². The Morgan fingerprint density at radius 2 is 1.93 bits per heavy atom. The van der Waals surface area contributed by atoms with Crippen LogP contribution in [0.1, 0.15) is 59.8 Å². The van der Waals surface area contributed by atoms with Gasteiger partial charge in [-0.1, -0.05) is 13.8 Å². The topological polar surface area (TPSA) is 49.3 Å². The van der Waals surface area contributed by atoms with Gasteiger partial charge in [0.2, 0.25) is 0 Å². The average Bonchev–Trinajstić information content (AvgIpc) is 2.71. The maximum absolute atomic E-state index is 6.15. The lowest BCUT2D eigenvalue weighted by molar-refractivity contribution is -0.0721. The molecular weight excluding hydrogens is 340 g/mol. The average molecular weight is 383 g/mol. The van der Waals surface area contributed by atoms with Crippen molar-refractivity contribution in [3.8, 4) is 0 Å². The van der Waals surface area contributed by atoms with Crippen LogP contribution in [-0.2, 0) is 9.47 Å². The summed E-state index contributed by atoms with van der Waals surface area (Å²) in [5, 5.41) is 3.48. The number of likely N-dealkylation sites (N-methyl/N-ethyl adjacent to an activating group) is 1. The Morgan fingerprint density at radius 3 is 2.52 bits per heavy atom. The zero-order valence-electron chi connectivity index (χ0n) is 18.1. The van der Waals surface area contributed by atoms with E-state index in [1.807, 2.05) is 0 Å². The number of rotatable bonds is 9. The maximum atomic E-state index is 6.15. The highest BCUT2D eigenvalue weighted by atomic mass is 16.5. The minimum absolute atomic E-state index is 0.317. The van der Waals surface area contributed by atoms with Crippen molar-refractivity contribution >= 4 is 5.96 Å². The number of nitrogens with one attached hydrogen (secondary N) is 1. The highest BCUT2D eigenvalue weighted by molar-refractivity contribution is 5.80. The fourth-order valence-electron chi connectivity index (χ4n) is 4.02. The molecule has 0 saturated carbocycles. The number of nitrogens with zero attached hydrogens (tertiary/aromatic N) is 3. The Morgan fingerprint density at radius 1 is 1.19 bits per heavy atom. The molecule has 0 aliphatic carbocycles. The number of ether oxygens (including phenoxy) is 2. The molecule has 2 saturated heterocycles. The van der Waals surface area contributed by atoms with E-state index in [4.69, 9.17) is 14.5 Å². The lowest BCUT2D eigenvalue weighted by Gasteiger charge is -2.35. The van der Waals surface area contributed by atoms with E-state index in [1.54, 1.807) is 0 Å². The first kappa shape index (κ1) is 22.4. The highest BCUT2D eigenvalue weighted by Crippen LogP contribution is 2.18. The quantitative estimate of drug-likeness (QED) is 0.491. The minimum Gasteiger partial charge on any atom is -0.376 e. The van der Waals surface area contributed by atoms with Gasteiger partial charge in [0.25, 0.3) is 0 Å². The Balaban J connectivity index is 1.76. The molecule has 0 spiro atoms. The zero-order valence-corrected chi connectivity index (χ0v) is 18.1. The zero-order chi connectivity index (χ0) is 19.5. The molecule has 27 heavy (non-hydrogen) atoms. The molecule has 1 N–H and O–H groups in total. The van der Waals surface area contributed by atoms with E-state index in [0.717, 1.165) is 77.7 Å². The number of hydrogen-bond donors (Lipinski definition) is 1. The van der Waals surface area contributed by atoms with Crippen LogP contribution < -0.4 is 5.32 Å². The minimum atomic E-state index is 0.317. The second-order valence-corrected chi connectivity index (χ2v) is 7.77. The summed E-state index contributed by atoms with van der Waals surface area (Å²) in [5.41, 5.74) is 0. The smallest absolute Gasteiger partial charge is 0.193 e. The second-order valence-electron chi connectivity index (χ2n) is 7.77. The second kappa shape index (κ2) is 12.6. The molecular formula is C21H42N4O2. The molecule has 0 aromatic rings. The summed E-state index contributed by atoms with van der Waals surface area (Å²) in [4.78, 5) is 9.78. The maximum Gasteiger partial charge on any atom is 0.193 e. The normalized spacial score (nSPS) is 23.7. The number of hydrogen-bond acceptors (Lipinski definition) is 4. The van der Waals surface area contributed by atoms with E-state index in [2.05, 4.69) is 42.8 Å². The van der Waals surface area contributed by atoms with Crippen LogP contribution in [0, 0.1) is 0 Å². The van der Waals surface area contributed by atoms with Crippen molar-refractivity contribution in [2.24, 2.45) is 4.99 Å². The van der Waals surface area contributed by atoms with E-state index in [0.29, 0.717) is 18.2 Å². The third kappa shape index (κ3) is 7.59. The molecule has 2 aliphatic rings. The van der Waals surface area contributed by atoms with Crippen LogP contribution in [0.15, 0.2) is 4.99 Å². The van der Waals surface area contributed by atoms with Crippen molar-refractivity contribution in [2.75, 3.05) is 52.5 Å².